The van der Waals surface area contributed by atoms with E-state index in [1.165, 1.54) is 4.68 Å². The molecule has 2 aliphatic heterocycles. The number of nitrogens with zero attached hydrogens (tertiary/aromatic N) is 4. The van der Waals surface area contributed by atoms with Crippen LogP contribution in [0.5, 0.6) is 0 Å². The van der Waals surface area contributed by atoms with E-state index in [9.17, 15) is 18.8 Å². The Bertz CT molecular complexity index is 960. The number of imide groups is 1. The minimum atomic E-state index is -0.450. The molecule has 7 nitrogen and oxygen atoms in total. The zero-order chi connectivity index (χ0) is 19.1. The summed E-state index contributed by atoms with van der Waals surface area (Å²) in [5, 5.41) is 4.17. The molecule has 0 bridgehead atoms. The van der Waals surface area contributed by atoms with Gasteiger partial charge in [0.1, 0.15) is 5.69 Å². The van der Waals surface area contributed by atoms with Crippen LogP contribution in [0.3, 0.4) is 0 Å². The quantitative estimate of drug-likeness (QED) is 0.757. The van der Waals surface area contributed by atoms with Crippen molar-refractivity contribution in [2.45, 2.75) is 20.0 Å². The van der Waals surface area contributed by atoms with Crippen molar-refractivity contribution >= 4 is 17.7 Å². The zero-order valence-electron chi connectivity index (χ0n) is 14.7. The first-order valence-electron chi connectivity index (χ1n) is 8.62. The maximum Gasteiger partial charge on any atom is 0.272 e. The van der Waals surface area contributed by atoms with Crippen molar-refractivity contribution in [2.75, 3.05) is 13.1 Å². The van der Waals surface area contributed by atoms with Crippen LogP contribution in [0.2, 0.25) is 0 Å². The number of aromatic nitrogens is 2. The molecule has 1 aromatic carbocycles. The van der Waals surface area contributed by atoms with Crippen molar-refractivity contribution < 1.29 is 18.8 Å². The third-order valence-electron chi connectivity index (χ3n) is 4.89. The summed E-state index contributed by atoms with van der Waals surface area (Å²) in [5.74, 6) is -1.05. The number of benzene rings is 1. The number of rotatable bonds is 5. The molecule has 2 aliphatic rings. The van der Waals surface area contributed by atoms with E-state index in [-0.39, 0.29) is 24.6 Å². The van der Waals surface area contributed by atoms with Crippen LogP contribution in [0, 0.1) is 0 Å². The van der Waals surface area contributed by atoms with Crippen LogP contribution in [-0.4, -0.2) is 50.4 Å². The van der Waals surface area contributed by atoms with Gasteiger partial charge in [0.05, 0.1) is 36.7 Å². The van der Waals surface area contributed by atoms with E-state index in [1.807, 2.05) is 6.92 Å². The zero-order valence-corrected chi connectivity index (χ0v) is 14.7. The van der Waals surface area contributed by atoms with Gasteiger partial charge < -0.3 is 4.90 Å². The van der Waals surface area contributed by atoms with E-state index in [2.05, 4.69) is 5.10 Å². The minimum absolute atomic E-state index is 0.0114. The second-order valence-electron chi connectivity index (χ2n) is 6.50. The second-order valence-corrected chi connectivity index (χ2v) is 6.50. The van der Waals surface area contributed by atoms with Crippen molar-refractivity contribution in [1.82, 2.24) is 19.6 Å². The van der Waals surface area contributed by atoms with Gasteiger partial charge in [-0.2, -0.15) is 5.10 Å². The van der Waals surface area contributed by atoms with Gasteiger partial charge in [0.25, 0.3) is 17.7 Å². The van der Waals surface area contributed by atoms with Gasteiger partial charge in [0, 0.05) is 18.7 Å². The van der Waals surface area contributed by atoms with Gasteiger partial charge in [-0.15, -0.1) is 0 Å². The number of carbonyl (C=O) groups excluding carboxylic acids is 3. The molecule has 27 heavy (non-hydrogen) atoms. The molecule has 0 spiro atoms. The molecule has 0 atom stereocenters. The smallest absolute Gasteiger partial charge is 0.272 e. The first kappa shape index (κ1) is 17.1. The highest BCUT2D eigenvalue weighted by Crippen LogP contribution is 2.25. The van der Waals surface area contributed by atoms with Crippen LogP contribution >= 0.6 is 0 Å². The molecular weight excluding hydrogens is 351 g/mol. The van der Waals surface area contributed by atoms with Crippen LogP contribution < -0.4 is 0 Å². The molecule has 0 saturated carbocycles. The largest absolute Gasteiger partial charge is 0.333 e. The minimum Gasteiger partial charge on any atom is -0.333 e. The van der Waals surface area contributed by atoms with Crippen molar-refractivity contribution in [3.63, 3.8) is 0 Å². The number of amides is 3. The van der Waals surface area contributed by atoms with Gasteiger partial charge in [0.2, 0.25) is 0 Å². The fourth-order valence-electron chi connectivity index (χ4n) is 3.49. The third-order valence-corrected chi connectivity index (χ3v) is 4.89. The van der Waals surface area contributed by atoms with Gasteiger partial charge in [-0.1, -0.05) is 12.1 Å². The summed E-state index contributed by atoms with van der Waals surface area (Å²) >= 11 is 0. The second kappa shape index (κ2) is 6.46. The molecule has 8 heteroatoms. The van der Waals surface area contributed by atoms with E-state index < -0.39 is 11.8 Å². The Morgan fingerprint density at radius 3 is 2.37 bits per heavy atom. The van der Waals surface area contributed by atoms with Crippen LogP contribution in [0.4, 0.5) is 4.39 Å². The highest BCUT2D eigenvalue weighted by atomic mass is 19.1. The summed E-state index contributed by atoms with van der Waals surface area (Å²) in [6, 6.07) is 6.51. The van der Waals surface area contributed by atoms with Crippen molar-refractivity contribution in [3.05, 3.63) is 64.7 Å². The van der Waals surface area contributed by atoms with Crippen LogP contribution in [0.15, 0.2) is 42.4 Å². The van der Waals surface area contributed by atoms with E-state index in [0.717, 1.165) is 10.5 Å². The molecule has 4 rings (SSSR count). The topological polar surface area (TPSA) is 75.5 Å². The molecular formula is C19H17FN4O3. The Labute approximate surface area is 154 Å². The summed E-state index contributed by atoms with van der Waals surface area (Å²) in [4.78, 5) is 40.0. The van der Waals surface area contributed by atoms with Gasteiger partial charge in [0.15, 0.2) is 0 Å². The average Bonchev–Trinajstić information content (AvgIpc) is 3.30. The predicted octanol–water partition coefficient (Wildman–Crippen LogP) is 2.01. The fraction of sp³-hybridized carbons (Fsp3) is 0.263. The maximum atomic E-state index is 13.5. The maximum absolute atomic E-state index is 13.5. The van der Waals surface area contributed by atoms with Crippen LogP contribution in [0.1, 0.15) is 43.7 Å². The molecule has 0 radical (unpaired) electrons. The normalized spacial score (nSPS) is 16.4. The standard InChI is InChI=1S/C19H17FN4O3/c1-2-22-11-13-8-21-24(16(13)19(22)27)10-12(7-20)9-23-17(25)14-5-3-4-6-15(14)18(23)26/h3-8H,2,9-11H2,1H3/b12-7+. The van der Waals surface area contributed by atoms with Crippen LogP contribution in [-0.2, 0) is 13.1 Å². The van der Waals surface area contributed by atoms with Crippen molar-refractivity contribution in [1.29, 1.82) is 0 Å². The molecule has 0 aliphatic carbocycles. The third kappa shape index (κ3) is 2.64. The lowest BCUT2D eigenvalue weighted by atomic mass is 10.1. The number of carbonyl (C=O) groups is 3. The molecule has 0 saturated heterocycles. The Morgan fingerprint density at radius 2 is 1.78 bits per heavy atom. The number of hydrogen-bond donors (Lipinski definition) is 0. The molecule has 2 aromatic rings. The lowest BCUT2D eigenvalue weighted by Gasteiger charge is -2.17. The number of hydrogen-bond acceptors (Lipinski definition) is 4. The first-order valence-corrected chi connectivity index (χ1v) is 8.62. The number of halogens is 1. The highest BCUT2D eigenvalue weighted by molar-refractivity contribution is 6.21. The summed E-state index contributed by atoms with van der Waals surface area (Å²) in [7, 11) is 0. The van der Waals surface area contributed by atoms with E-state index in [4.69, 9.17) is 0 Å². The van der Waals surface area contributed by atoms with Gasteiger partial charge in [-0.05, 0) is 24.6 Å². The molecule has 0 unspecified atom stereocenters. The average molecular weight is 368 g/mol. The van der Waals surface area contributed by atoms with E-state index >= 15 is 0 Å². The van der Waals surface area contributed by atoms with E-state index in [1.54, 1.807) is 35.4 Å². The molecule has 1 aromatic heterocycles. The SMILES string of the molecule is CCN1Cc2cnn(C/C(=C/F)CN3C(=O)c4ccccc4C3=O)c2C1=O. The molecule has 3 amide bonds. The molecule has 3 heterocycles. The highest BCUT2D eigenvalue weighted by Gasteiger charge is 2.36. The molecule has 0 fully saturated rings. The fourth-order valence-corrected chi connectivity index (χ4v) is 3.49. The van der Waals surface area contributed by atoms with Gasteiger partial charge in [-0.3, -0.25) is 24.0 Å². The monoisotopic (exact) mass is 368 g/mol. The lowest BCUT2D eigenvalue weighted by molar-refractivity contribution is 0.0663. The summed E-state index contributed by atoms with van der Waals surface area (Å²) in [6.07, 6.45) is 1.97. The van der Waals surface area contributed by atoms with Crippen LogP contribution in [0.25, 0.3) is 0 Å². The molecule has 0 N–H and O–H groups in total. The summed E-state index contributed by atoms with van der Waals surface area (Å²) < 4.78 is 15.0. The Balaban J connectivity index is 1.54. The first-order chi connectivity index (χ1) is 13.0. The lowest BCUT2D eigenvalue weighted by Crippen LogP contribution is -2.33. The predicted molar refractivity (Wildman–Crippen MR) is 93.6 cm³/mol. The molecule has 138 valence electrons. The number of fused-ring (bicyclic) bond motifs is 2. The van der Waals surface area contributed by atoms with Crippen molar-refractivity contribution in [2.24, 2.45) is 0 Å². The Hall–Kier alpha value is -3.29. The van der Waals surface area contributed by atoms with E-state index in [0.29, 0.717) is 36.2 Å². The van der Waals surface area contributed by atoms with Gasteiger partial charge in [-0.25, -0.2) is 4.39 Å². The Kier molecular flexibility index (Phi) is 4.10. The van der Waals surface area contributed by atoms with Crippen molar-refractivity contribution in [3.8, 4) is 0 Å². The van der Waals surface area contributed by atoms with Gasteiger partial charge >= 0.3 is 0 Å². The summed E-state index contributed by atoms with van der Waals surface area (Å²) in [6.45, 7) is 2.74. The summed E-state index contributed by atoms with van der Waals surface area (Å²) in [5.41, 5.74) is 2.03. The Morgan fingerprint density at radius 1 is 1.11 bits per heavy atom.